The van der Waals surface area contributed by atoms with Crippen LogP contribution in [0.15, 0.2) is 78.9 Å². The molecule has 0 aliphatic carbocycles. The fraction of sp³-hybridized carbons (Fsp3) is 0.120. The fourth-order valence-corrected chi connectivity index (χ4v) is 2.88. The van der Waals surface area contributed by atoms with Crippen molar-refractivity contribution in [3.05, 3.63) is 95.6 Å². The Labute approximate surface area is 176 Å². The second-order valence-corrected chi connectivity index (χ2v) is 6.63. The smallest absolute Gasteiger partial charge is 0.221 e. The van der Waals surface area contributed by atoms with Crippen molar-refractivity contribution in [3.8, 4) is 11.5 Å². The fourth-order valence-electron chi connectivity index (χ4n) is 2.88. The van der Waals surface area contributed by atoms with Gasteiger partial charge in [-0.15, -0.1) is 0 Å². The Bertz CT molecular complexity index is 1040. The van der Waals surface area contributed by atoms with Gasteiger partial charge in [-0.25, -0.2) is 0 Å². The number of hydrogen-bond acceptors (Lipinski definition) is 4. The second-order valence-electron chi connectivity index (χ2n) is 6.63. The summed E-state index contributed by atoms with van der Waals surface area (Å²) >= 11 is 0. The maximum absolute atomic E-state index is 12.3. The molecule has 1 N–H and O–H groups in total. The first kappa shape index (κ1) is 20.9. The molecule has 0 bridgehead atoms. The van der Waals surface area contributed by atoms with Crippen molar-refractivity contribution >= 4 is 23.5 Å². The number of carbonyl (C=O) groups is 2. The summed E-state index contributed by atoms with van der Waals surface area (Å²) in [7, 11) is 1.61. The molecule has 3 rings (SSSR count). The molecule has 0 atom stereocenters. The van der Waals surface area contributed by atoms with E-state index >= 15 is 0 Å². The molecule has 5 heteroatoms. The van der Waals surface area contributed by atoms with E-state index in [0.29, 0.717) is 29.4 Å². The summed E-state index contributed by atoms with van der Waals surface area (Å²) in [6.07, 6.45) is 3.34. The maximum atomic E-state index is 12.3. The SMILES string of the molecule is COc1ccc(C=CC(=O)c2ccccc2)cc1COc1ccc(NC(C)=O)cc1. The molecule has 0 saturated heterocycles. The molecule has 1 amide bonds. The van der Waals surface area contributed by atoms with Gasteiger partial charge in [-0.2, -0.15) is 0 Å². The largest absolute Gasteiger partial charge is 0.496 e. The Hall–Kier alpha value is -3.86. The Balaban J connectivity index is 1.69. The predicted molar refractivity (Wildman–Crippen MR) is 118 cm³/mol. The second kappa shape index (κ2) is 10.1. The van der Waals surface area contributed by atoms with Gasteiger partial charge in [0.25, 0.3) is 0 Å². The van der Waals surface area contributed by atoms with Gasteiger partial charge in [0.2, 0.25) is 5.91 Å². The number of nitrogens with one attached hydrogen (secondary N) is 1. The van der Waals surface area contributed by atoms with Gasteiger partial charge in [0.15, 0.2) is 5.78 Å². The van der Waals surface area contributed by atoms with E-state index in [2.05, 4.69) is 5.32 Å². The Morgan fingerprint density at radius 1 is 0.967 bits per heavy atom. The highest BCUT2D eigenvalue weighted by Gasteiger charge is 2.06. The number of amides is 1. The molecule has 0 heterocycles. The van der Waals surface area contributed by atoms with E-state index in [0.717, 1.165) is 11.1 Å². The van der Waals surface area contributed by atoms with E-state index < -0.39 is 0 Å². The van der Waals surface area contributed by atoms with Crippen molar-refractivity contribution in [3.63, 3.8) is 0 Å². The zero-order valence-corrected chi connectivity index (χ0v) is 16.9. The molecule has 0 aliphatic heterocycles. The highest BCUT2D eigenvalue weighted by atomic mass is 16.5. The average molecular weight is 401 g/mol. The van der Waals surface area contributed by atoms with Crippen LogP contribution in [0.1, 0.15) is 28.4 Å². The lowest BCUT2D eigenvalue weighted by molar-refractivity contribution is -0.114. The lowest BCUT2D eigenvalue weighted by Crippen LogP contribution is -2.05. The molecular weight excluding hydrogens is 378 g/mol. The van der Waals surface area contributed by atoms with Gasteiger partial charge in [0, 0.05) is 23.7 Å². The van der Waals surface area contributed by atoms with Crippen molar-refractivity contribution < 1.29 is 19.1 Å². The summed E-state index contributed by atoms with van der Waals surface area (Å²) < 4.78 is 11.3. The van der Waals surface area contributed by atoms with Crippen LogP contribution in [0.2, 0.25) is 0 Å². The molecule has 3 aromatic rings. The van der Waals surface area contributed by atoms with E-state index in [1.807, 2.05) is 36.4 Å². The zero-order chi connectivity index (χ0) is 21.3. The minimum absolute atomic E-state index is 0.0523. The average Bonchev–Trinajstić information content (AvgIpc) is 2.77. The van der Waals surface area contributed by atoms with Crippen LogP contribution in [0.25, 0.3) is 6.08 Å². The summed E-state index contributed by atoms with van der Waals surface area (Å²) in [6.45, 7) is 1.77. The van der Waals surface area contributed by atoms with Crippen molar-refractivity contribution in [2.45, 2.75) is 13.5 Å². The standard InChI is InChI=1S/C25H23NO4/c1-18(27)26-22-10-12-23(13-11-22)30-17-21-16-19(9-15-25(21)29-2)8-14-24(28)20-6-4-3-5-7-20/h3-16H,17H2,1-2H3,(H,26,27). The van der Waals surface area contributed by atoms with Gasteiger partial charge in [0.1, 0.15) is 18.1 Å². The number of carbonyl (C=O) groups excluding carboxylic acids is 2. The van der Waals surface area contributed by atoms with E-state index in [1.54, 1.807) is 55.7 Å². The molecule has 152 valence electrons. The lowest BCUT2D eigenvalue weighted by Gasteiger charge is -2.12. The minimum Gasteiger partial charge on any atom is -0.496 e. The van der Waals surface area contributed by atoms with E-state index in [1.165, 1.54) is 6.92 Å². The van der Waals surface area contributed by atoms with Crippen molar-refractivity contribution in [2.24, 2.45) is 0 Å². The van der Waals surface area contributed by atoms with Crippen LogP contribution in [-0.2, 0) is 11.4 Å². The normalized spacial score (nSPS) is 10.6. The molecule has 30 heavy (non-hydrogen) atoms. The summed E-state index contributed by atoms with van der Waals surface area (Å²) in [5.74, 6) is 1.20. The van der Waals surface area contributed by atoms with Crippen LogP contribution in [0.5, 0.6) is 11.5 Å². The number of hydrogen-bond donors (Lipinski definition) is 1. The van der Waals surface area contributed by atoms with Crippen LogP contribution in [-0.4, -0.2) is 18.8 Å². The Morgan fingerprint density at radius 2 is 1.70 bits per heavy atom. The summed E-state index contributed by atoms with van der Waals surface area (Å²) in [4.78, 5) is 23.4. The van der Waals surface area contributed by atoms with Gasteiger partial charge in [0.05, 0.1) is 7.11 Å². The van der Waals surface area contributed by atoms with Crippen LogP contribution in [0.3, 0.4) is 0 Å². The third-order valence-corrected chi connectivity index (χ3v) is 4.36. The molecule has 0 fully saturated rings. The number of ketones is 1. The van der Waals surface area contributed by atoms with Gasteiger partial charge in [-0.1, -0.05) is 42.5 Å². The topological polar surface area (TPSA) is 64.6 Å². The predicted octanol–water partition coefficient (Wildman–Crippen LogP) is 5.13. The number of anilines is 1. The van der Waals surface area contributed by atoms with Gasteiger partial charge in [-0.3, -0.25) is 9.59 Å². The first-order valence-corrected chi connectivity index (χ1v) is 9.50. The van der Waals surface area contributed by atoms with Crippen LogP contribution in [0.4, 0.5) is 5.69 Å². The summed E-state index contributed by atoms with van der Waals surface area (Å²) in [5.41, 5.74) is 3.09. The monoisotopic (exact) mass is 401 g/mol. The van der Waals surface area contributed by atoms with E-state index in [4.69, 9.17) is 9.47 Å². The molecule has 0 radical (unpaired) electrons. The first-order chi connectivity index (χ1) is 14.5. The zero-order valence-electron chi connectivity index (χ0n) is 16.9. The summed E-state index contributed by atoms with van der Waals surface area (Å²) in [6, 6.07) is 22.0. The lowest BCUT2D eigenvalue weighted by atomic mass is 10.1. The van der Waals surface area contributed by atoms with Crippen molar-refractivity contribution in [1.82, 2.24) is 0 Å². The molecule has 5 nitrogen and oxygen atoms in total. The Morgan fingerprint density at radius 3 is 2.37 bits per heavy atom. The molecule has 0 aliphatic rings. The quantitative estimate of drug-likeness (QED) is 0.420. The third kappa shape index (κ3) is 5.82. The minimum atomic E-state index is -0.121. The van der Waals surface area contributed by atoms with E-state index in [9.17, 15) is 9.59 Å². The van der Waals surface area contributed by atoms with Crippen molar-refractivity contribution in [2.75, 3.05) is 12.4 Å². The van der Waals surface area contributed by atoms with E-state index in [-0.39, 0.29) is 11.7 Å². The number of benzene rings is 3. The van der Waals surface area contributed by atoms with Crippen molar-refractivity contribution in [1.29, 1.82) is 0 Å². The molecule has 3 aromatic carbocycles. The van der Waals surface area contributed by atoms with Gasteiger partial charge >= 0.3 is 0 Å². The van der Waals surface area contributed by atoms with Gasteiger partial charge in [-0.05, 0) is 48.0 Å². The Kier molecular flexibility index (Phi) is 7.00. The highest BCUT2D eigenvalue weighted by Crippen LogP contribution is 2.24. The molecule has 0 spiro atoms. The maximum Gasteiger partial charge on any atom is 0.221 e. The van der Waals surface area contributed by atoms with Crippen LogP contribution < -0.4 is 14.8 Å². The number of methoxy groups -OCH3 is 1. The van der Waals surface area contributed by atoms with Crippen LogP contribution in [0, 0.1) is 0 Å². The third-order valence-electron chi connectivity index (χ3n) is 4.36. The number of ether oxygens (including phenoxy) is 2. The van der Waals surface area contributed by atoms with Gasteiger partial charge < -0.3 is 14.8 Å². The molecule has 0 saturated carbocycles. The summed E-state index contributed by atoms with van der Waals surface area (Å²) in [5, 5.41) is 2.72. The molecule has 0 aromatic heterocycles. The number of allylic oxidation sites excluding steroid dienone is 1. The highest BCUT2D eigenvalue weighted by molar-refractivity contribution is 6.06. The van der Waals surface area contributed by atoms with Crippen LogP contribution >= 0.6 is 0 Å². The first-order valence-electron chi connectivity index (χ1n) is 9.50. The molecular formula is C25H23NO4. The molecule has 0 unspecified atom stereocenters. The number of rotatable bonds is 8.